The summed E-state index contributed by atoms with van der Waals surface area (Å²) in [5.74, 6) is -1.38. The third-order valence-electron chi connectivity index (χ3n) is 5.40. The molecule has 0 radical (unpaired) electrons. The molecule has 1 atom stereocenters. The summed E-state index contributed by atoms with van der Waals surface area (Å²) in [6.45, 7) is 2.90. The van der Waals surface area contributed by atoms with Crippen LogP contribution >= 0.6 is 11.3 Å². The van der Waals surface area contributed by atoms with E-state index in [1.165, 1.54) is 11.3 Å². The number of aryl methyl sites for hydroxylation is 1. The summed E-state index contributed by atoms with van der Waals surface area (Å²) in [4.78, 5) is 23.5. The molecule has 1 fully saturated rings. The molecule has 3 N–H and O–H groups in total. The molecule has 1 aliphatic rings. The summed E-state index contributed by atoms with van der Waals surface area (Å²) in [6, 6.07) is 6.10. The van der Waals surface area contributed by atoms with Crippen LogP contribution in [0.1, 0.15) is 17.1 Å². The zero-order valence-corrected chi connectivity index (χ0v) is 18.3. The molecule has 0 bridgehead atoms. The zero-order chi connectivity index (χ0) is 23.1. The molecular formula is C21H19F2N7O2S. The van der Waals surface area contributed by atoms with E-state index >= 15 is 0 Å². The maximum Gasteiger partial charge on any atom is 0.410 e. The summed E-state index contributed by atoms with van der Waals surface area (Å²) < 4.78 is 34.6. The highest BCUT2D eigenvalue weighted by molar-refractivity contribution is 7.15. The number of amides is 1. The second kappa shape index (κ2) is 8.45. The lowest BCUT2D eigenvalue weighted by Crippen LogP contribution is -2.32. The molecule has 4 heterocycles. The van der Waals surface area contributed by atoms with Crippen molar-refractivity contribution in [2.75, 3.05) is 13.1 Å². The van der Waals surface area contributed by atoms with Crippen LogP contribution in [0.4, 0.5) is 13.6 Å². The number of aromatic nitrogens is 5. The van der Waals surface area contributed by atoms with E-state index in [9.17, 15) is 13.6 Å². The molecular weight excluding hydrogens is 452 g/mol. The average molecular weight is 471 g/mol. The van der Waals surface area contributed by atoms with Gasteiger partial charge in [0.2, 0.25) is 0 Å². The van der Waals surface area contributed by atoms with Crippen molar-refractivity contribution >= 4 is 28.5 Å². The number of carbonyl (C=O) groups is 1. The molecule has 1 aromatic carbocycles. The van der Waals surface area contributed by atoms with Crippen LogP contribution in [0, 0.1) is 18.6 Å². The maximum atomic E-state index is 14.9. The SMILES string of the molecule is Cc1nc(COC(=O)N2CCC(N)C2)sc1-c1cccc(-c2cc(F)c3nn[nH]c3c2F)n1. The van der Waals surface area contributed by atoms with Crippen molar-refractivity contribution in [2.45, 2.75) is 26.0 Å². The highest BCUT2D eigenvalue weighted by Crippen LogP contribution is 2.33. The largest absolute Gasteiger partial charge is 0.442 e. The third-order valence-corrected chi connectivity index (χ3v) is 6.56. The van der Waals surface area contributed by atoms with Gasteiger partial charge in [0.1, 0.15) is 17.1 Å². The Morgan fingerprint density at radius 1 is 1.33 bits per heavy atom. The van der Waals surface area contributed by atoms with Crippen molar-refractivity contribution in [3.63, 3.8) is 0 Å². The minimum Gasteiger partial charge on any atom is -0.442 e. The molecule has 4 aromatic rings. The number of aromatic amines is 1. The van der Waals surface area contributed by atoms with Crippen molar-refractivity contribution in [2.24, 2.45) is 5.73 Å². The van der Waals surface area contributed by atoms with E-state index in [0.29, 0.717) is 29.5 Å². The Kier molecular flexibility index (Phi) is 5.46. The number of benzene rings is 1. The Morgan fingerprint density at radius 3 is 2.94 bits per heavy atom. The van der Waals surface area contributed by atoms with Gasteiger partial charge in [0.15, 0.2) is 17.2 Å². The Bertz CT molecular complexity index is 1360. The lowest BCUT2D eigenvalue weighted by Gasteiger charge is -2.14. The monoisotopic (exact) mass is 471 g/mol. The molecule has 1 amide bonds. The van der Waals surface area contributed by atoms with Crippen molar-refractivity contribution in [1.82, 2.24) is 30.3 Å². The molecule has 0 saturated carbocycles. The standard InChI is InChI=1S/C21H19F2N7O2S/c1-10-20(33-16(25-10)9-32-21(31)30-6-5-11(24)8-30)15-4-2-3-14(26-15)12-7-13(22)18-19(17(12)23)28-29-27-18/h2-4,7,11H,5-6,8-9,24H2,1H3,(H,27,28,29). The van der Waals surface area contributed by atoms with Crippen LogP contribution in [-0.4, -0.2) is 55.5 Å². The number of nitrogens with zero attached hydrogens (tertiary/aromatic N) is 5. The van der Waals surface area contributed by atoms with Crippen molar-refractivity contribution in [3.05, 3.63) is 46.6 Å². The van der Waals surface area contributed by atoms with Gasteiger partial charge < -0.3 is 15.4 Å². The first kappa shape index (κ1) is 21.3. The van der Waals surface area contributed by atoms with E-state index < -0.39 is 17.7 Å². The van der Waals surface area contributed by atoms with Gasteiger partial charge in [0.05, 0.1) is 22.0 Å². The lowest BCUT2D eigenvalue weighted by atomic mass is 10.1. The van der Waals surface area contributed by atoms with Gasteiger partial charge >= 0.3 is 6.09 Å². The number of pyridine rings is 1. The fourth-order valence-corrected chi connectivity index (χ4v) is 4.71. The molecule has 9 nitrogen and oxygen atoms in total. The molecule has 12 heteroatoms. The summed E-state index contributed by atoms with van der Waals surface area (Å²) in [6.07, 6.45) is 0.338. The van der Waals surface area contributed by atoms with Crippen LogP contribution in [0.5, 0.6) is 0 Å². The third kappa shape index (κ3) is 4.02. The number of carbonyl (C=O) groups excluding carboxylic acids is 1. The van der Waals surface area contributed by atoms with E-state index in [2.05, 4.69) is 25.4 Å². The molecule has 0 aliphatic carbocycles. The van der Waals surface area contributed by atoms with E-state index in [1.54, 1.807) is 23.1 Å². The first-order valence-corrected chi connectivity index (χ1v) is 11.0. The van der Waals surface area contributed by atoms with Crippen molar-refractivity contribution in [1.29, 1.82) is 0 Å². The van der Waals surface area contributed by atoms with Crippen LogP contribution in [0.25, 0.3) is 32.9 Å². The van der Waals surface area contributed by atoms with Crippen LogP contribution in [0.3, 0.4) is 0 Å². The summed E-state index contributed by atoms with van der Waals surface area (Å²) >= 11 is 1.32. The molecule has 170 valence electrons. The number of nitrogens with one attached hydrogen (secondary N) is 1. The second-order valence-corrected chi connectivity index (χ2v) is 8.82. The van der Waals surface area contributed by atoms with E-state index in [1.807, 2.05) is 6.92 Å². The fraction of sp³-hybridized carbons (Fsp3) is 0.286. The van der Waals surface area contributed by atoms with Crippen molar-refractivity contribution < 1.29 is 18.3 Å². The smallest absolute Gasteiger partial charge is 0.410 e. The normalized spacial score (nSPS) is 16.0. The van der Waals surface area contributed by atoms with Crippen LogP contribution in [-0.2, 0) is 11.3 Å². The lowest BCUT2D eigenvalue weighted by molar-refractivity contribution is 0.104. The van der Waals surface area contributed by atoms with Crippen LogP contribution < -0.4 is 5.73 Å². The van der Waals surface area contributed by atoms with Crippen molar-refractivity contribution in [3.8, 4) is 21.8 Å². The minimum absolute atomic E-state index is 0.00644. The van der Waals surface area contributed by atoms with Crippen LogP contribution in [0.2, 0.25) is 0 Å². The fourth-order valence-electron chi connectivity index (χ4n) is 3.76. The summed E-state index contributed by atoms with van der Waals surface area (Å²) in [5, 5.41) is 10.0. The highest BCUT2D eigenvalue weighted by atomic mass is 32.1. The number of likely N-dealkylation sites (tertiary alicyclic amines) is 1. The maximum absolute atomic E-state index is 14.9. The number of hydrogen-bond donors (Lipinski definition) is 2. The minimum atomic E-state index is -0.695. The Labute approximate surface area is 190 Å². The quantitative estimate of drug-likeness (QED) is 0.468. The van der Waals surface area contributed by atoms with Gasteiger partial charge in [-0.25, -0.2) is 23.5 Å². The molecule has 1 unspecified atom stereocenters. The highest BCUT2D eigenvalue weighted by Gasteiger charge is 2.25. The van der Waals surface area contributed by atoms with Gasteiger partial charge in [0, 0.05) is 24.7 Å². The van der Waals surface area contributed by atoms with Gasteiger partial charge in [-0.1, -0.05) is 11.3 Å². The van der Waals surface area contributed by atoms with Gasteiger partial charge in [-0.3, -0.25) is 5.10 Å². The first-order chi connectivity index (χ1) is 15.9. The number of H-pyrrole nitrogens is 1. The topological polar surface area (TPSA) is 123 Å². The van der Waals surface area contributed by atoms with Gasteiger partial charge in [0.25, 0.3) is 0 Å². The summed E-state index contributed by atoms with van der Waals surface area (Å²) in [7, 11) is 0. The Hall–Kier alpha value is -3.51. The number of ether oxygens (including phenoxy) is 1. The second-order valence-electron chi connectivity index (χ2n) is 7.73. The van der Waals surface area contributed by atoms with E-state index in [-0.39, 0.29) is 34.9 Å². The predicted molar refractivity (Wildman–Crippen MR) is 117 cm³/mol. The van der Waals surface area contributed by atoms with Gasteiger partial charge in [-0.2, -0.15) is 0 Å². The average Bonchev–Trinajstić information content (AvgIpc) is 3.54. The van der Waals surface area contributed by atoms with Gasteiger partial charge in [-0.05, 0) is 31.5 Å². The Balaban J connectivity index is 1.39. The molecule has 3 aromatic heterocycles. The zero-order valence-electron chi connectivity index (χ0n) is 17.5. The number of halogens is 2. The number of nitrogens with two attached hydrogens (primary N) is 1. The number of rotatable bonds is 4. The molecule has 0 spiro atoms. The van der Waals surface area contributed by atoms with Crippen LogP contribution in [0.15, 0.2) is 24.3 Å². The van der Waals surface area contributed by atoms with E-state index in [0.717, 1.165) is 17.4 Å². The summed E-state index contributed by atoms with van der Waals surface area (Å²) in [5.41, 5.74) is 7.04. The predicted octanol–water partition coefficient (Wildman–Crippen LogP) is 3.40. The number of thiazole rings is 1. The molecule has 5 rings (SSSR count). The first-order valence-electron chi connectivity index (χ1n) is 10.2. The van der Waals surface area contributed by atoms with Gasteiger partial charge in [-0.15, -0.1) is 16.4 Å². The number of fused-ring (bicyclic) bond motifs is 1. The number of hydrogen-bond acceptors (Lipinski definition) is 8. The molecule has 33 heavy (non-hydrogen) atoms. The van der Waals surface area contributed by atoms with E-state index in [4.69, 9.17) is 10.5 Å². The Morgan fingerprint density at radius 2 is 2.15 bits per heavy atom. The molecule has 1 aliphatic heterocycles. The molecule has 1 saturated heterocycles.